The zero-order valence-corrected chi connectivity index (χ0v) is 23.7. The van der Waals surface area contributed by atoms with Gasteiger partial charge in [-0.05, 0) is 63.2 Å². The smallest absolute Gasteiger partial charge is 0.415 e. The summed E-state index contributed by atoms with van der Waals surface area (Å²) >= 11 is 0. The Hall–Kier alpha value is -1.61. The molecular weight excluding hydrogens is 420 g/mol. The predicted molar refractivity (Wildman–Crippen MR) is 145 cm³/mol. The third kappa shape index (κ3) is 16.1. The molecule has 0 rings (SSSR count). The van der Waals surface area contributed by atoms with Crippen molar-refractivity contribution in [3.63, 3.8) is 0 Å². The van der Waals surface area contributed by atoms with Crippen LogP contribution in [0.4, 0.5) is 4.79 Å². The minimum Gasteiger partial charge on any atom is -0.415 e. The van der Waals surface area contributed by atoms with Crippen molar-refractivity contribution in [3.05, 3.63) is 0 Å². The number of ether oxygens (including phenoxy) is 2. The van der Waals surface area contributed by atoms with Crippen LogP contribution in [0.3, 0.4) is 0 Å². The topological polar surface area (TPSA) is 35.5 Å². The second-order valence-corrected chi connectivity index (χ2v) is 11.8. The third-order valence-electron chi connectivity index (χ3n) is 6.89. The van der Waals surface area contributed by atoms with E-state index in [1.54, 1.807) is 13.8 Å². The van der Waals surface area contributed by atoms with Crippen molar-refractivity contribution in [3.8, 4) is 24.7 Å². The highest BCUT2D eigenvalue weighted by Gasteiger charge is 2.32. The van der Waals surface area contributed by atoms with Crippen molar-refractivity contribution < 1.29 is 14.3 Å². The van der Waals surface area contributed by atoms with E-state index < -0.39 is 17.4 Å². The number of terminal acetylenes is 2. The Morgan fingerprint density at radius 3 is 1.26 bits per heavy atom. The van der Waals surface area contributed by atoms with Crippen LogP contribution in [0, 0.1) is 48.4 Å². The summed E-state index contributed by atoms with van der Waals surface area (Å²) in [5, 5.41) is 0. The highest BCUT2D eigenvalue weighted by Crippen LogP contribution is 2.26. The van der Waals surface area contributed by atoms with Gasteiger partial charge in [0.25, 0.3) is 0 Å². The zero-order chi connectivity index (χ0) is 26.2. The molecule has 3 heteroatoms. The van der Waals surface area contributed by atoms with Gasteiger partial charge in [-0.2, -0.15) is 0 Å². The number of hydrogen-bond donors (Lipinski definition) is 0. The van der Waals surface area contributed by atoms with Gasteiger partial charge in [0.15, 0.2) is 11.2 Å². The predicted octanol–water partition coefficient (Wildman–Crippen LogP) is 9.19. The minimum absolute atomic E-state index is 0.619. The van der Waals surface area contributed by atoms with Crippen LogP contribution in [0.5, 0.6) is 0 Å². The standard InChI is InChI=1S/C31H54O3/c1-11-30(9,23-15-21-27(7)19-13-17-25(3)4)33-29(32)34-31(10,12-2)24-16-22-28(8)20-14-18-26(5)6/h1-2,25-28H,13-24H2,3-10H3. The molecule has 0 saturated heterocycles. The summed E-state index contributed by atoms with van der Waals surface area (Å²) in [5.41, 5.74) is -1.95. The van der Waals surface area contributed by atoms with E-state index in [1.165, 1.54) is 38.5 Å². The van der Waals surface area contributed by atoms with Crippen molar-refractivity contribution in [2.75, 3.05) is 0 Å². The minimum atomic E-state index is -0.977. The van der Waals surface area contributed by atoms with Gasteiger partial charge in [0, 0.05) is 0 Å². The Morgan fingerprint density at radius 1 is 0.647 bits per heavy atom. The Morgan fingerprint density at radius 2 is 0.971 bits per heavy atom. The number of rotatable bonds is 18. The highest BCUT2D eigenvalue weighted by molar-refractivity contribution is 5.62. The molecule has 4 atom stereocenters. The average molecular weight is 475 g/mol. The summed E-state index contributed by atoms with van der Waals surface area (Å²) in [7, 11) is 0. The molecule has 0 radical (unpaired) electrons. The van der Waals surface area contributed by atoms with Crippen LogP contribution >= 0.6 is 0 Å². The molecule has 0 aromatic heterocycles. The van der Waals surface area contributed by atoms with Crippen molar-refractivity contribution in [1.29, 1.82) is 0 Å². The van der Waals surface area contributed by atoms with Crippen LogP contribution in [-0.2, 0) is 9.47 Å². The molecule has 0 amide bonds. The van der Waals surface area contributed by atoms with Gasteiger partial charge in [0.2, 0.25) is 0 Å². The Balaban J connectivity index is 4.48. The fourth-order valence-electron chi connectivity index (χ4n) is 4.31. The number of carbonyl (C=O) groups excluding carboxylic acids is 1. The summed E-state index contributed by atoms with van der Waals surface area (Å²) in [5.74, 6) is 8.10. The largest absolute Gasteiger partial charge is 0.511 e. The summed E-state index contributed by atoms with van der Waals surface area (Å²) in [6.07, 6.45) is 23.4. The SMILES string of the molecule is C#CC(C)(CCCC(C)CCCC(C)C)OC(=O)OC(C)(C#C)CCCC(C)CCCC(C)C. The first-order valence-electron chi connectivity index (χ1n) is 13.7. The molecule has 0 aliphatic heterocycles. The van der Waals surface area contributed by atoms with E-state index in [0.717, 1.165) is 37.5 Å². The second-order valence-electron chi connectivity index (χ2n) is 11.8. The number of hydrogen-bond acceptors (Lipinski definition) is 3. The maximum absolute atomic E-state index is 12.6. The van der Waals surface area contributed by atoms with E-state index in [-0.39, 0.29) is 0 Å². The highest BCUT2D eigenvalue weighted by atomic mass is 16.7. The van der Waals surface area contributed by atoms with Gasteiger partial charge < -0.3 is 9.47 Å². The van der Waals surface area contributed by atoms with E-state index in [0.29, 0.717) is 24.7 Å². The molecule has 0 spiro atoms. The molecular formula is C31H54O3. The van der Waals surface area contributed by atoms with Gasteiger partial charge in [-0.1, -0.05) is 105 Å². The molecule has 34 heavy (non-hydrogen) atoms. The molecule has 0 aliphatic rings. The van der Waals surface area contributed by atoms with Crippen LogP contribution in [0.2, 0.25) is 0 Å². The van der Waals surface area contributed by atoms with Gasteiger partial charge in [0.05, 0.1) is 0 Å². The van der Waals surface area contributed by atoms with Crippen LogP contribution in [0.1, 0.15) is 132 Å². The molecule has 0 heterocycles. The molecule has 0 N–H and O–H groups in total. The van der Waals surface area contributed by atoms with E-state index in [1.807, 2.05) is 0 Å². The Kier molecular flexibility index (Phi) is 16.1. The average Bonchev–Trinajstić information content (AvgIpc) is 2.73. The lowest BCUT2D eigenvalue weighted by atomic mass is 9.92. The fraction of sp³-hybridized carbons (Fsp3) is 0.839. The molecule has 0 bridgehead atoms. The molecule has 0 aliphatic carbocycles. The lowest BCUT2D eigenvalue weighted by Crippen LogP contribution is -2.36. The van der Waals surface area contributed by atoms with E-state index in [9.17, 15) is 4.79 Å². The first kappa shape index (κ1) is 32.4. The summed E-state index contributed by atoms with van der Waals surface area (Å²) in [4.78, 5) is 12.6. The fourth-order valence-corrected chi connectivity index (χ4v) is 4.31. The maximum atomic E-state index is 12.6. The Bertz CT molecular complexity index is 584. The zero-order valence-electron chi connectivity index (χ0n) is 23.7. The summed E-state index contributed by atoms with van der Waals surface area (Å²) in [6, 6.07) is 0. The molecule has 3 nitrogen and oxygen atoms in total. The van der Waals surface area contributed by atoms with Crippen LogP contribution < -0.4 is 0 Å². The van der Waals surface area contributed by atoms with E-state index >= 15 is 0 Å². The normalized spacial score (nSPS) is 16.7. The van der Waals surface area contributed by atoms with Crippen molar-refractivity contribution in [2.24, 2.45) is 23.7 Å². The molecule has 0 saturated carbocycles. The van der Waals surface area contributed by atoms with Gasteiger partial charge >= 0.3 is 6.16 Å². The molecule has 0 aromatic carbocycles. The van der Waals surface area contributed by atoms with Gasteiger partial charge in [-0.25, -0.2) is 4.79 Å². The van der Waals surface area contributed by atoms with E-state index in [2.05, 4.69) is 53.4 Å². The van der Waals surface area contributed by atoms with Crippen LogP contribution in [0.15, 0.2) is 0 Å². The monoisotopic (exact) mass is 474 g/mol. The van der Waals surface area contributed by atoms with Crippen LogP contribution in [-0.4, -0.2) is 17.4 Å². The van der Waals surface area contributed by atoms with Crippen molar-refractivity contribution in [2.45, 2.75) is 144 Å². The first-order chi connectivity index (χ1) is 15.8. The Labute approximate surface area is 212 Å². The lowest BCUT2D eigenvalue weighted by Gasteiger charge is -2.28. The third-order valence-corrected chi connectivity index (χ3v) is 6.89. The molecule has 0 aromatic rings. The van der Waals surface area contributed by atoms with E-state index in [4.69, 9.17) is 22.3 Å². The van der Waals surface area contributed by atoms with Gasteiger partial charge in [-0.3, -0.25) is 0 Å². The van der Waals surface area contributed by atoms with Crippen molar-refractivity contribution in [1.82, 2.24) is 0 Å². The summed E-state index contributed by atoms with van der Waals surface area (Å²) in [6.45, 7) is 17.2. The van der Waals surface area contributed by atoms with Gasteiger partial charge in [-0.15, -0.1) is 12.8 Å². The summed E-state index contributed by atoms with van der Waals surface area (Å²) < 4.78 is 11.2. The maximum Gasteiger partial charge on any atom is 0.511 e. The first-order valence-corrected chi connectivity index (χ1v) is 13.7. The van der Waals surface area contributed by atoms with Gasteiger partial charge in [0.1, 0.15) is 0 Å². The second kappa shape index (κ2) is 16.9. The van der Waals surface area contributed by atoms with Crippen molar-refractivity contribution >= 4 is 6.16 Å². The molecule has 0 fully saturated rings. The number of carbonyl (C=O) groups is 1. The lowest BCUT2D eigenvalue weighted by molar-refractivity contribution is -0.0399. The molecule has 4 unspecified atom stereocenters. The molecule has 196 valence electrons. The van der Waals surface area contributed by atoms with Crippen LogP contribution in [0.25, 0.3) is 0 Å². The quantitative estimate of drug-likeness (QED) is 0.147.